The Bertz CT molecular complexity index is 294. The van der Waals surface area contributed by atoms with Gasteiger partial charge in [0, 0.05) is 7.05 Å². The van der Waals surface area contributed by atoms with E-state index in [0.29, 0.717) is 5.57 Å². The molecule has 2 amide bonds. The van der Waals surface area contributed by atoms with E-state index in [2.05, 4.69) is 22.5 Å². The van der Waals surface area contributed by atoms with Gasteiger partial charge in [-0.3, -0.25) is 10.7 Å². The van der Waals surface area contributed by atoms with E-state index >= 15 is 0 Å². The van der Waals surface area contributed by atoms with Crippen molar-refractivity contribution in [3.63, 3.8) is 0 Å². The van der Waals surface area contributed by atoms with Crippen molar-refractivity contribution < 1.29 is 4.79 Å². The third-order valence-corrected chi connectivity index (χ3v) is 1.28. The number of amidine groups is 1. The molecule has 13 heavy (non-hydrogen) atoms. The molecule has 4 heteroatoms. The lowest BCUT2D eigenvalue weighted by molar-refractivity contribution is 0.247. The van der Waals surface area contributed by atoms with Gasteiger partial charge in [0.2, 0.25) is 0 Å². The van der Waals surface area contributed by atoms with E-state index in [-0.39, 0.29) is 5.84 Å². The number of hydrogen-bond acceptors (Lipinski definition) is 2. The summed E-state index contributed by atoms with van der Waals surface area (Å²) in [5, 5.41) is 12.1. The Labute approximate surface area is 77.9 Å². The molecule has 0 aromatic carbocycles. The highest BCUT2D eigenvalue weighted by atomic mass is 16.2. The van der Waals surface area contributed by atoms with Crippen LogP contribution in [-0.2, 0) is 0 Å². The monoisotopic (exact) mass is 179 g/mol. The number of hydrogen-bond donors (Lipinski definition) is 3. The molecular weight excluding hydrogens is 166 g/mol. The number of carbonyl (C=O) groups excluding carboxylic acids is 1. The van der Waals surface area contributed by atoms with Gasteiger partial charge in [-0.05, 0) is 13.8 Å². The van der Waals surface area contributed by atoms with E-state index in [1.807, 2.05) is 0 Å². The summed E-state index contributed by atoms with van der Waals surface area (Å²) in [6.07, 6.45) is 1.68. The number of allylic oxidation sites excluding steroid dienone is 1. The van der Waals surface area contributed by atoms with E-state index < -0.39 is 6.03 Å². The first-order valence-electron chi connectivity index (χ1n) is 3.82. The molecule has 0 radical (unpaired) electrons. The molecule has 0 rings (SSSR count). The van der Waals surface area contributed by atoms with Crippen molar-refractivity contribution in [2.45, 2.75) is 13.8 Å². The van der Waals surface area contributed by atoms with Crippen LogP contribution in [-0.4, -0.2) is 18.9 Å². The molecule has 0 saturated heterocycles. The fourth-order valence-electron chi connectivity index (χ4n) is 0.657. The van der Waals surface area contributed by atoms with Crippen molar-refractivity contribution >= 4 is 11.9 Å². The standard InChI is InChI=1S/C9H13N3O/c1-4-6-7(5-2)8(10)12-9(13)11-3/h5H,1-3H3,(H3,10,11,12,13)/b7-5-. The second kappa shape index (κ2) is 5.84. The Hall–Kier alpha value is -1.76. The normalized spacial score (nSPS) is 9.62. The summed E-state index contributed by atoms with van der Waals surface area (Å²) in [6.45, 7) is 3.44. The van der Waals surface area contributed by atoms with Crippen LogP contribution in [0.25, 0.3) is 0 Å². The van der Waals surface area contributed by atoms with Gasteiger partial charge in [-0.25, -0.2) is 4.79 Å². The van der Waals surface area contributed by atoms with E-state index in [9.17, 15) is 4.79 Å². The van der Waals surface area contributed by atoms with Crippen LogP contribution in [0.3, 0.4) is 0 Å². The van der Waals surface area contributed by atoms with Crippen LogP contribution >= 0.6 is 0 Å². The first-order chi connectivity index (χ1) is 6.15. The van der Waals surface area contributed by atoms with Gasteiger partial charge in [-0.15, -0.1) is 5.92 Å². The zero-order valence-electron chi connectivity index (χ0n) is 7.99. The molecule has 3 N–H and O–H groups in total. The second-order valence-corrected chi connectivity index (χ2v) is 2.16. The maximum atomic E-state index is 10.8. The fraction of sp³-hybridized carbons (Fsp3) is 0.333. The summed E-state index contributed by atoms with van der Waals surface area (Å²) in [5.41, 5.74) is 0.506. The second-order valence-electron chi connectivity index (χ2n) is 2.16. The first kappa shape index (κ1) is 11.2. The van der Waals surface area contributed by atoms with E-state index in [0.717, 1.165) is 0 Å². The van der Waals surface area contributed by atoms with Gasteiger partial charge < -0.3 is 5.32 Å². The number of rotatable bonds is 1. The smallest absolute Gasteiger partial charge is 0.320 e. The van der Waals surface area contributed by atoms with Gasteiger partial charge in [-0.2, -0.15) is 0 Å². The predicted octanol–water partition coefficient (Wildman–Crippen LogP) is 0.862. The topological polar surface area (TPSA) is 65.0 Å². The molecule has 0 aliphatic carbocycles. The lowest BCUT2D eigenvalue weighted by Gasteiger charge is -2.04. The first-order valence-corrected chi connectivity index (χ1v) is 3.82. The fourth-order valence-corrected chi connectivity index (χ4v) is 0.657. The summed E-state index contributed by atoms with van der Waals surface area (Å²) in [7, 11) is 1.49. The lowest BCUT2D eigenvalue weighted by atomic mass is 10.2. The van der Waals surface area contributed by atoms with Gasteiger partial charge in [0.1, 0.15) is 5.84 Å². The van der Waals surface area contributed by atoms with Gasteiger partial charge in [-0.1, -0.05) is 12.0 Å². The minimum atomic E-state index is -0.415. The molecule has 0 saturated carbocycles. The number of urea groups is 1. The minimum absolute atomic E-state index is 0.0104. The van der Waals surface area contributed by atoms with Crippen LogP contribution in [0.15, 0.2) is 11.6 Å². The molecule has 0 atom stereocenters. The Morgan fingerprint density at radius 1 is 1.54 bits per heavy atom. The zero-order chi connectivity index (χ0) is 10.3. The summed E-state index contributed by atoms with van der Waals surface area (Å²) < 4.78 is 0. The van der Waals surface area contributed by atoms with Gasteiger partial charge >= 0.3 is 6.03 Å². The summed E-state index contributed by atoms with van der Waals surface area (Å²) in [6, 6.07) is -0.415. The molecule has 0 aromatic heterocycles. The van der Waals surface area contributed by atoms with Gasteiger partial charge in [0.25, 0.3) is 0 Å². The highest BCUT2D eigenvalue weighted by molar-refractivity contribution is 6.08. The van der Waals surface area contributed by atoms with Crippen LogP contribution in [0.1, 0.15) is 13.8 Å². The predicted molar refractivity (Wildman–Crippen MR) is 52.5 cm³/mol. The Morgan fingerprint density at radius 3 is 2.54 bits per heavy atom. The molecule has 0 aliphatic heterocycles. The number of nitrogens with one attached hydrogen (secondary N) is 3. The van der Waals surface area contributed by atoms with Crippen LogP contribution in [0, 0.1) is 17.3 Å². The SMILES string of the molecule is CC#C/C(=C/C)C(=N)NC(=O)NC. The highest BCUT2D eigenvalue weighted by Gasteiger charge is 2.03. The van der Waals surface area contributed by atoms with E-state index in [4.69, 9.17) is 5.41 Å². The minimum Gasteiger partial charge on any atom is -0.341 e. The third kappa shape index (κ3) is 3.97. The Kier molecular flexibility index (Phi) is 5.05. The summed E-state index contributed by atoms with van der Waals surface area (Å²) >= 11 is 0. The average Bonchev–Trinajstić information content (AvgIpc) is 2.13. The summed E-state index contributed by atoms with van der Waals surface area (Å²) in [5.74, 6) is 5.38. The average molecular weight is 179 g/mol. The highest BCUT2D eigenvalue weighted by Crippen LogP contribution is 1.91. The van der Waals surface area contributed by atoms with Crippen LogP contribution in [0.2, 0.25) is 0 Å². The molecule has 0 spiro atoms. The van der Waals surface area contributed by atoms with E-state index in [1.54, 1.807) is 19.9 Å². The maximum Gasteiger partial charge on any atom is 0.320 e. The van der Waals surface area contributed by atoms with Crippen molar-refractivity contribution in [2.75, 3.05) is 7.05 Å². The third-order valence-electron chi connectivity index (χ3n) is 1.28. The maximum absolute atomic E-state index is 10.8. The van der Waals surface area contributed by atoms with Crippen LogP contribution < -0.4 is 10.6 Å². The van der Waals surface area contributed by atoms with Crippen molar-refractivity contribution in [1.82, 2.24) is 10.6 Å². The molecule has 0 unspecified atom stereocenters. The molecule has 0 heterocycles. The Balaban J connectivity index is 4.39. The van der Waals surface area contributed by atoms with Crippen LogP contribution in [0.4, 0.5) is 4.79 Å². The van der Waals surface area contributed by atoms with Crippen molar-refractivity contribution in [3.05, 3.63) is 11.6 Å². The molecular formula is C9H13N3O. The lowest BCUT2D eigenvalue weighted by Crippen LogP contribution is -2.37. The molecule has 0 bridgehead atoms. The Morgan fingerprint density at radius 2 is 2.15 bits per heavy atom. The molecule has 70 valence electrons. The van der Waals surface area contributed by atoms with Crippen molar-refractivity contribution in [1.29, 1.82) is 5.41 Å². The molecule has 4 nitrogen and oxygen atoms in total. The molecule has 0 fully saturated rings. The molecule has 0 aromatic rings. The van der Waals surface area contributed by atoms with Crippen molar-refractivity contribution in [2.24, 2.45) is 0 Å². The van der Waals surface area contributed by atoms with Crippen LogP contribution in [0.5, 0.6) is 0 Å². The largest absolute Gasteiger partial charge is 0.341 e. The van der Waals surface area contributed by atoms with Gasteiger partial charge in [0.05, 0.1) is 5.57 Å². The summed E-state index contributed by atoms with van der Waals surface area (Å²) in [4.78, 5) is 10.8. The van der Waals surface area contributed by atoms with Gasteiger partial charge in [0.15, 0.2) is 0 Å². The van der Waals surface area contributed by atoms with E-state index in [1.165, 1.54) is 7.05 Å². The quantitative estimate of drug-likeness (QED) is 0.312. The van der Waals surface area contributed by atoms with Crippen molar-refractivity contribution in [3.8, 4) is 11.8 Å². The molecule has 0 aliphatic rings. The number of amides is 2. The number of carbonyl (C=O) groups is 1. The zero-order valence-corrected chi connectivity index (χ0v) is 7.99.